The zero-order valence-electron chi connectivity index (χ0n) is 43.7. The summed E-state index contributed by atoms with van der Waals surface area (Å²) >= 11 is 0. The van der Waals surface area contributed by atoms with E-state index >= 15 is 0 Å². The Hall–Kier alpha value is -5.71. The number of pyridine rings is 1. The van der Waals surface area contributed by atoms with Gasteiger partial charge in [-0.2, -0.15) is 13.0 Å². The quantitative estimate of drug-likeness (QED) is 0.0112. The van der Waals surface area contributed by atoms with Crippen LogP contribution in [0.25, 0.3) is 21.8 Å². The van der Waals surface area contributed by atoms with E-state index in [9.17, 15) is 47.5 Å². The van der Waals surface area contributed by atoms with Gasteiger partial charge in [0.25, 0.3) is 21.9 Å². The summed E-state index contributed by atoms with van der Waals surface area (Å²) in [6.45, 7) is 6.34. The molecule has 4 aliphatic rings. The van der Waals surface area contributed by atoms with Crippen molar-refractivity contribution in [1.82, 2.24) is 10.6 Å². The number of hydrogen-bond acceptors (Lipinski definition) is 15. The summed E-state index contributed by atoms with van der Waals surface area (Å²) in [6, 6.07) is 17.7. The molecule has 0 radical (unpaired) electrons. The molecule has 4 aliphatic carbocycles. The first-order chi connectivity index (χ1) is 36.3. The molecule has 0 bridgehead atoms. The van der Waals surface area contributed by atoms with Gasteiger partial charge in [-0.3, -0.25) is 18.9 Å². The predicted molar refractivity (Wildman–Crippen MR) is 280 cm³/mol. The van der Waals surface area contributed by atoms with Crippen molar-refractivity contribution in [3.05, 3.63) is 94.6 Å². The van der Waals surface area contributed by atoms with Gasteiger partial charge in [0.1, 0.15) is 18.0 Å². The van der Waals surface area contributed by atoms with Gasteiger partial charge >= 0.3 is 5.97 Å². The van der Waals surface area contributed by atoms with Crippen molar-refractivity contribution in [3.63, 3.8) is 0 Å². The normalized spacial score (nSPS) is 25.6. The number of allylic oxidation sites excluding steroid dienone is 2. The lowest BCUT2D eigenvalue weighted by Gasteiger charge is -2.60. The van der Waals surface area contributed by atoms with Crippen LogP contribution in [-0.2, 0) is 51.9 Å². The maximum Gasteiger partial charge on any atom is 0.345 e. The van der Waals surface area contributed by atoms with Gasteiger partial charge in [-0.25, -0.2) is 4.79 Å². The number of benzene rings is 3. The van der Waals surface area contributed by atoms with Crippen LogP contribution in [0.1, 0.15) is 97.1 Å². The van der Waals surface area contributed by atoms with Gasteiger partial charge in [-0.15, -0.1) is 0 Å². The molecule has 7 atom stereocenters. The topological polar surface area (TPSA) is 270 Å². The third kappa shape index (κ3) is 11.7. The number of amides is 2. The molecule has 0 saturated heterocycles. The van der Waals surface area contributed by atoms with Crippen molar-refractivity contribution in [2.45, 2.75) is 97.0 Å². The van der Waals surface area contributed by atoms with Crippen LogP contribution in [0.2, 0.25) is 0 Å². The van der Waals surface area contributed by atoms with Gasteiger partial charge in [0, 0.05) is 55.3 Å². The Kier molecular flexibility index (Phi) is 17.8. The molecular formula is C56H71N4O15S+. The summed E-state index contributed by atoms with van der Waals surface area (Å²) in [5.74, 6) is -2.02. The van der Waals surface area contributed by atoms with E-state index in [0.717, 1.165) is 25.0 Å². The number of fused-ring (bicyclic) bond motifs is 7. The first-order valence-electron chi connectivity index (χ1n) is 26.1. The van der Waals surface area contributed by atoms with E-state index in [0.29, 0.717) is 76.3 Å². The van der Waals surface area contributed by atoms with Crippen LogP contribution in [0.15, 0.2) is 77.5 Å². The summed E-state index contributed by atoms with van der Waals surface area (Å²) in [5, 5.41) is 43.9. The number of nitrogens with one attached hydrogen (secondary N) is 2. The summed E-state index contributed by atoms with van der Waals surface area (Å²) < 4.78 is 57.3. The van der Waals surface area contributed by atoms with Gasteiger partial charge in [-0.05, 0) is 111 Å². The molecule has 4 aromatic rings. The predicted octanol–water partition coefficient (Wildman–Crippen LogP) is 4.71. The van der Waals surface area contributed by atoms with E-state index in [1.807, 2.05) is 41.8 Å². The molecule has 1 heterocycles. The SMILES string of the molecule is COCCOCc1cc(C(=O)NCCOCCNC(=O)CON=C2C=C3CCC4C(C(O)CC5(C)C4CCC5(O)C(=O)CO)C3(C)CC2)cc(C)c1OC(=O)c1c2ccccc2[n+](CCCS(=O)(=O)O)c2ccccc12. The third-order valence-electron chi connectivity index (χ3n) is 16.6. The molecule has 3 aromatic carbocycles. The van der Waals surface area contributed by atoms with Gasteiger partial charge in [-0.1, -0.05) is 48.8 Å². The molecule has 20 heteroatoms. The molecule has 3 fully saturated rings. The lowest BCUT2D eigenvalue weighted by molar-refractivity contribution is -0.645. The second-order valence-corrected chi connectivity index (χ2v) is 22.7. The number of aryl methyl sites for hydroxylation is 2. The molecule has 0 spiro atoms. The number of oxime groups is 1. The van der Waals surface area contributed by atoms with Crippen LogP contribution in [-0.4, -0.2) is 135 Å². The Labute approximate surface area is 442 Å². The number of rotatable bonds is 23. The average molecular weight is 1070 g/mol. The van der Waals surface area contributed by atoms with Crippen LogP contribution < -0.4 is 19.9 Å². The molecule has 76 heavy (non-hydrogen) atoms. The number of aliphatic hydroxyl groups is 3. The molecule has 6 N–H and O–H groups in total. The zero-order chi connectivity index (χ0) is 54.4. The van der Waals surface area contributed by atoms with Crippen LogP contribution in [0.3, 0.4) is 0 Å². The summed E-state index contributed by atoms with van der Waals surface area (Å²) in [6.07, 6.45) is 5.66. The minimum atomic E-state index is -4.18. The highest BCUT2D eigenvalue weighted by Gasteiger charge is 2.68. The smallest absolute Gasteiger partial charge is 0.345 e. The van der Waals surface area contributed by atoms with E-state index in [4.69, 9.17) is 23.8 Å². The number of esters is 1. The fourth-order valence-electron chi connectivity index (χ4n) is 13.0. The Bertz CT molecular complexity index is 2960. The van der Waals surface area contributed by atoms with E-state index < -0.39 is 57.3 Å². The highest BCUT2D eigenvalue weighted by atomic mass is 32.2. The lowest BCUT2D eigenvalue weighted by atomic mass is 9.45. The minimum absolute atomic E-state index is 0.00331. The van der Waals surface area contributed by atoms with Gasteiger partial charge in [0.2, 0.25) is 11.0 Å². The summed E-state index contributed by atoms with van der Waals surface area (Å²) in [4.78, 5) is 58.7. The third-order valence-corrected chi connectivity index (χ3v) is 17.4. The van der Waals surface area contributed by atoms with E-state index in [-0.39, 0.29) is 93.9 Å². The molecule has 1 aromatic heterocycles. The van der Waals surface area contributed by atoms with Crippen molar-refractivity contribution in [2.24, 2.45) is 33.7 Å². The zero-order valence-corrected chi connectivity index (χ0v) is 44.5. The van der Waals surface area contributed by atoms with Crippen molar-refractivity contribution < 1.29 is 75.8 Å². The van der Waals surface area contributed by atoms with Crippen molar-refractivity contribution >= 4 is 61.2 Å². The summed E-state index contributed by atoms with van der Waals surface area (Å²) in [5.41, 5.74) is 2.08. The fraction of sp³-hybridized carbons (Fsp3) is 0.536. The van der Waals surface area contributed by atoms with E-state index in [2.05, 4.69) is 22.7 Å². The molecule has 8 rings (SSSR count). The van der Waals surface area contributed by atoms with E-state index in [1.165, 1.54) is 5.57 Å². The Balaban J connectivity index is 0.814. The molecule has 19 nitrogen and oxygen atoms in total. The second-order valence-electron chi connectivity index (χ2n) is 21.1. The van der Waals surface area contributed by atoms with Gasteiger partial charge in [0.05, 0.1) is 66.9 Å². The highest BCUT2D eigenvalue weighted by Crippen LogP contribution is 2.67. The standard InChI is InChI=1S/C56H70N4O15S/c1-35-28-36(29-37(33-73-26-25-71-4)51(35)75-53(66)49-41-10-5-7-12-44(41)60(22-9-27-76(68,69)70)45-13-8-6-11-42(45)49)52(65)58-21-24-72-23-20-57-48(64)34-74-59-39-16-18-54(2)38(30-39)14-15-40-43-17-19-56(67,47(63)32-61)55(43,3)31-46(62)50(40)54/h5-8,10-13,28-30,40,43,46,50,61-62,67H,9,14-27,31-34H2,1-4H3,(H2-,57,58,64,65,68,69,70)/p+1. The van der Waals surface area contributed by atoms with Crippen LogP contribution in [0.5, 0.6) is 5.75 Å². The Morgan fingerprint density at radius 1 is 0.895 bits per heavy atom. The number of carbonyl (C=O) groups is 4. The monoisotopic (exact) mass is 1070 g/mol. The molecule has 410 valence electrons. The average Bonchev–Trinajstić information content (AvgIpc) is 3.67. The Morgan fingerprint density at radius 3 is 2.28 bits per heavy atom. The number of ether oxygens (including phenoxy) is 4. The van der Waals surface area contributed by atoms with Crippen molar-refractivity contribution in [1.29, 1.82) is 0 Å². The maximum absolute atomic E-state index is 14.4. The number of hydrogen-bond donors (Lipinski definition) is 6. The lowest BCUT2D eigenvalue weighted by Crippen LogP contribution is -2.62. The number of nitrogens with zero attached hydrogens (tertiary/aromatic N) is 2. The van der Waals surface area contributed by atoms with Crippen LogP contribution >= 0.6 is 0 Å². The first-order valence-corrected chi connectivity index (χ1v) is 27.7. The first kappa shape index (κ1) is 56.5. The number of Topliss-reactive ketones (excluding diaryl/α,β-unsaturated/α-hetero) is 1. The number of aliphatic hydroxyl groups excluding tert-OH is 2. The number of methoxy groups -OCH3 is 1. The molecular weight excluding hydrogens is 1000 g/mol. The van der Waals surface area contributed by atoms with Crippen LogP contribution in [0.4, 0.5) is 0 Å². The number of para-hydroxylation sites is 2. The van der Waals surface area contributed by atoms with Gasteiger partial charge in [0.15, 0.2) is 18.9 Å². The molecule has 0 aliphatic heterocycles. The fourth-order valence-corrected chi connectivity index (χ4v) is 13.5. The maximum atomic E-state index is 14.4. The van der Waals surface area contributed by atoms with Gasteiger partial charge < -0.3 is 49.7 Å². The largest absolute Gasteiger partial charge is 0.422 e. The molecule has 2 amide bonds. The van der Waals surface area contributed by atoms with Crippen molar-refractivity contribution in [3.8, 4) is 5.75 Å². The summed E-state index contributed by atoms with van der Waals surface area (Å²) in [7, 11) is -2.63. The highest BCUT2D eigenvalue weighted by molar-refractivity contribution is 7.85. The number of carbonyl (C=O) groups excluding carboxylic acids is 4. The minimum Gasteiger partial charge on any atom is -0.422 e. The van der Waals surface area contributed by atoms with Crippen LogP contribution in [0, 0.1) is 35.5 Å². The Morgan fingerprint density at radius 2 is 1.59 bits per heavy atom. The second kappa shape index (κ2) is 23.9. The molecule has 3 saturated carbocycles. The van der Waals surface area contributed by atoms with E-state index in [1.54, 1.807) is 50.4 Å². The number of aromatic nitrogens is 1. The number of ketones is 1. The van der Waals surface area contributed by atoms with Crippen molar-refractivity contribution in [2.75, 3.05) is 65.6 Å². The molecule has 7 unspecified atom stereocenters.